The molecule has 0 fully saturated rings. The summed E-state index contributed by atoms with van der Waals surface area (Å²) >= 11 is 0. The van der Waals surface area contributed by atoms with Gasteiger partial charge in [0.15, 0.2) is 0 Å². The fourth-order valence-electron chi connectivity index (χ4n) is 1.43. The van der Waals surface area contributed by atoms with Crippen LogP contribution in [0.5, 0.6) is 0 Å². The van der Waals surface area contributed by atoms with Crippen LogP contribution in [0.1, 0.15) is 43.1 Å². The molecule has 102 valence electrons. The summed E-state index contributed by atoms with van der Waals surface area (Å²) in [7, 11) is 0. The van der Waals surface area contributed by atoms with Gasteiger partial charge in [-0.1, -0.05) is 11.8 Å². The monoisotopic (exact) mass is 263 g/mol. The Bertz CT molecular complexity index is 521. The maximum Gasteiger partial charge on any atom is 0.253 e. The van der Waals surface area contributed by atoms with Gasteiger partial charge in [-0.15, -0.1) is 0 Å². The van der Waals surface area contributed by atoms with Crippen LogP contribution in [0, 0.1) is 17.7 Å². The molecule has 0 spiro atoms. The van der Waals surface area contributed by atoms with E-state index in [-0.39, 0.29) is 18.1 Å². The molecule has 0 heterocycles. The standard InChI is InChI=1S/C15H18FNO2/c1-15(2,3)17-14(19)13-10-12(16)8-7-11(13)6-4-5-9-18/h7-8,10,18H,5,9H2,1-3H3,(H,17,19). The molecule has 0 radical (unpaired) electrons. The first-order valence-corrected chi connectivity index (χ1v) is 6.05. The number of aliphatic hydroxyl groups is 1. The quantitative estimate of drug-likeness (QED) is 0.803. The molecular formula is C15H18FNO2. The number of carbonyl (C=O) groups excluding carboxylic acids is 1. The molecule has 0 bridgehead atoms. The molecule has 3 nitrogen and oxygen atoms in total. The molecule has 0 aliphatic carbocycles. The topological polar surface area (TPSA) is 49.3 Å². The lowest BCUT2D eigenvalue weighted by atomic mass is 10.0. The average Bonchev–Trinajstić information content (AvgIpc) is 2.29. The van der Waals surface area contributed by atoms with Crippen molar-refractivity contribution in [3.63, 3.8) is 0 Å². The van der Waals surface area contributed by atoms with Crippen LogP contribution in [0.4, 0.5) is 4.39 Å². The predicted octanol–water partition coefficient (Wildman–Crippen LogP) is 2.09. The van der Waals surface area contributed by atoms with Crippen molar-refractivity contribution in [1.82, 2.24) is 5.32 Å². The Morgan fingerprint density at radius 1 is 1.42 bits per heavy atom. The van der Waals surface area contributed by atoms with Crippen molar-refractivity contribution in [3.05, 3.63) is 35.1 Å². The van der Waals surface area contributed by atoms with Gasteiger partial charge < -0.3 is 10.4 Å². The Balaban J connectivity index is 3.08. The van der Waals surface area contributed by atoms with Crippen molar-refractivity contribution in [2.45, 2.75) is 32.7 Å². The molecule has 1 rings (SSSR count). The van der Waals surface area contributed by atoms with Crippen LogP contribution in [-0.4, -0.2) is 23.2 Å². The molecule has 1 aromatic carbocycles. The second kappa shape index (κ2) is 6.35. The van der Waals surface area contributed by atoms with E-state index in [0.717, 1.165) is 0 Å². The largest absolute Gasteiger partial charge is 0.395 e. The van der Waals surface area contributed by atoms with Crippen LogP contribution in [-0.2, 0) is 0 Å². The van der Waals surface area contributed by atoms with Crippen molar-refractivity contribution in [2.75, 3.05) is 6.61 Å². The van der Waals surface area contributed by atoms with Crippen LogP contribution in [0.25, 0.3) is 0 Å². The normalized spacial score (nSPS) is 10.6. The number of amides is 1. The molecule has 0 aliphatic rings. The molecule has 1 amide bonds. The van der Waals surface area contributed by atoms with E-state index in [1.54, 1.807) is 0 Å². The summed E-state index contributed by atoms with van der Waals surface area (Å²) in [6.07, 6.45) is 0.317. The van der Waals surface area contributed by atoms with E-state index >= 15 is 0 Å². The zero-order chi connectivity index (χ0) is 14.5. The number of halogens is 1. The molecule has 0 aromatic heterocycles. The lowest BCUT2D eigenvalue weighted by Gasteiger charge is -2.21. The van der Waals surface area contributed by atoms with Crippen LogP contribution in [0.3, 0.4) is 0 Å². The van der Waals surface area contributed by atoms with Gasteiger partial charge in [0.2, 0.25) is 0 Å². The molecule has 0 saturated heterocycles. The second-order valence-electron chi connectivity index (χ2n) is 5.17. The third kappa shape index (κ3) is 5.11. The molecule has 0 aliphatic heterocycles. The number of hydrogen-bond acceptors (Lipinski definition) is 2. The maximum atomic E-state index is 13.3. The third-order valence-corrected chi connectivity index (χ3v) is 2.17. The maximum absolute atomic E-state index is 13.3. The van der Waals surface area contributed by atoms with E-state index < -0.39 is 11.4 Å². The number of rotatable bonds is 2. The van der Waals surface area contributed by atoms with Gasteiger partial charge in [-0.2, -0.15) is 0 Å². The van der Waals surface area contributed by atoms with Crippen LogP contribution in [0.15, 0.2) is 18.2 Å². The van der Waals surface area contributed by atoms with Crippen LogP contribution in [0.2, 0.25) is 0 Å². The summed E-state index contributed by atoms with van der Waals surface area (Å²) in [6, 6.07) is 3.90. The molecule has 1 aromatic rings. The molecular weight excluding hydrogens is 245 g/mol. The summed E-state index contributed by atoms with van der Waals surface area (Å²) < 4.78 is 13.3. The van der Waals surface area contributed by atoms with Gasteiger partial charge >= 0.3 is 0 Å². The summed E-state index contributed by atoms with van der Waals surface area (Å²) in [5.41, 5.74) is 0.260. The Kier molecular flexibility index (Phi) is 5.08. The fourth-order valence-corrected chi connectivity index (χ4v) is 1.43. The molecule has 19 heavy (non-hydrogen) atoms. The minimum Gasteiger partial charge on any atom is -0.395 e. The zero-order valence-electron chi connectivity index (χ0n) is 11.4. The van der Waals surface area contributed by atoms with Crippen molar-refractivity contribution in [2.24, 2.45) is 0 Å². The number of nitrogens with one attached hydrogen (secondary N) is 1. The first-order chi connectivity index (χ1) is 8.83. The highest BCUT2D eigenvalue weighted by atomic mass is 19.1. The highest BCUT2D eigenvalue weighted by Crippen LogP contribution is 2.12. The van der Waals surface area contributed by atoms with Crippen LogP contribution < -0.4 is 5.32 Å². The zero-order valence-corrected chi connectivity index (χ0v) is 11.4. The van der Waals surface area contributed by atoms with E-state index in [2.05, 4.69) is 17.2 Å². The van der Waals surface area contributed by atoms with Gasteiger partial charge in [0.05, 0.1) is 12.2 Å². The van der Waals surface area contributed by atoms with Gasteiger partial charge in [0.1, 0.15) is 5.82 Å². The van der Waals surface area contributed by atoms with Gasteiger partial charge in [0, 0.05) is 17.5 Å². The number of benzene rings is 1. The Morgan fingerprint density at radius 2 is 2.11 bits per heavy atom. The summed E-state index contributed by atoms with van der Waals surface area (Å²) in [5.74, 6) is 4.66. The fraction of sp³-hybridized carbons (Fsp3) is 0.400. The van der Waals surface area contributed by atoms with Crippen molar-refractivity contribution in [3.8, 4) is 11.8 Å². The van der Waals surface area contributed by atoms with E-state index in [4.69, 9.17) is 5.11 Å². The molecule has 4 heteroatoms. The van der Waals surface area contributed by atoms with Crippen molar-refractivity contribution < 1.29 is 14.3 Å². The van der Waals surface area contributed by atoms with Gasteiger partial charge in [0.25, 0.3) is 5.91 Å². The minimum absolute atomic E-state index is 0.0439. The minimum atomic E-state index is -0.480. The Morgan fingerprint density at radius 3 is 2.68 bits per heavy atom. The van der Waals surface area contributed by atoms with Gasteiger partial charge in [-0.25, -0.2) is 4.39 Å². The van der Waals surface area contributed by atoms with Crippen molar-refractivity contribution >= 4 is 5.91 Å². The average molecular weight is 263 g/mol. The lowest BCUT2D eigenvalue weighted by molar-refractivity contribution is 0.0919. The second-order valence-corrected chi connectivity index (χ2v) is 5.17. The first kappa shape index (κ1) is 15.2. The SMILES string of the molecule is CC(C)(C)NC(=O)c1cc(F)ccc1C#CCCO. The van der Waals surface area contributed by atoms with Crippen LogP contribution >= 0.6 is 0 Å². The summed E-state index contributed by atoms with van der Waals surface area (Å²) in [6.45, 7) is 5.50. The molecule has 2 N–H and O–H groups in total. The summed E-state index contributed by atoms with van der Waals surface area (Å²) in [4.78, 5) is 12.1. The Labute approximate surface area is 112 Å². The highest BCUT2D eigenvalue weighted by Gasteiger charge is 2.18. The van der Waals surface area contributed by atoms with E-state index in [9.17, 15) is 9.18 Å². The third-order valence-electron chi connectivity index (χ3n) is 2.17. The number of hydrogen-bond donors (Lipinski definition) is 2. The van der Waals surface area contributed by atoms with Gasteiger partial charge in [-0.3, -0.25) is 4.79 Å². The van der Waals surface area contributed by atoms with Gasteiger partial charge in [-0.05, 0) is 39.0 Å². The lowest BCUT2D eigenvalue weighted by Crippen LogP contribution is -2.40. The van der Waals surface area contributed by atoms with E-state index in [1.807, 2.05) is 20.8 Å². The summed E-state index contributed by atoms with van der Waals surface area (Å²) in [5, 5.41) is 11.4. The van der Waals surface area contributed by atoms with Crippen molar-refractivity contribution in [1.29, 1.82) is 0 Å². The first-order valence-electron chi connectivity index (χ1n) is 6.05. The smallest absolute Gasteiger partial charge is 0.253 e. The molecule has 0 unspecified atom stereocenters. The molecule has 0 saturated carbocycles. The number of aliphatic hydroxyl groups excluding tert-OH is 1. The van der Waals surface area contributed by atoms with E-state index in [0.29, 0.717) is 12.0 Å². The Hall–Kier alpha value is -1.86. The predicted molar refractivity (Wildman–Crippen MR) is 72.2 cm³/mol. The highest BCUT2D eigenvalue weighted by molar-refractivity contribution is 5.97. The van der Waals surface area contributed by atoms with E-state index in [1.165, 1.54) is 18.2 Å². The molecule has 0 atom stereocenters. The number of carbonyl (C=O) groups is 1.